The van der Waals surface area contributed by atoms with Gasteiger partial charge < -0.3 is 4.74 Å². The molecule has 0 aromatic heterocycles. The maximum Gasteiger partial charge on any atom is 0.261 e. The number of carbonyl (C=O) groups excluding carboxylic acids is 2. The Labute approximate surface area is 177 Å². The first-order valence-electron chi connectivity index (χ1n) is 10.7. The number of ether oxygens (including phenoxy) is 1. The van der Waals surface area contributed by atoms with Crippen LogP contribution >= 0.6 is 0 Å². The molecule has 5 heteroatoms. The zero-order chi connectivity index (χ0) is 21.1. The van der Waals surface area contributed by atoms with Crippen molar-refractivity contribution in [3.8, 4) is 5.75 Å². The van der Waals surface area contributed by atoms with Crippen LogP contribution in [-0.2, 0) is 11.3 Å². The minimum absolute atomic E-state index is 0.207. The summed E-state index contributed by atoms with van der Waals surface area (Å²) in [6.07, 6.45) is 6.47. The van der Waals surface area contributed by atoms with Gasteiger partial charge in [-0.25, -0.2) is 0 Å². The van der Waals surface area contributed by atoms with Crippen molar-refractivity contribution in [2.24, 2.45) is 10.9 Å². The maximum atomic E-state index is 13.4. The lowest BCUT2D eigenvalue weighted by molar-refractivity contribution is -0.129. The van der Waals surface area contributed by atoms with E-state index < -0.39 is 5.92 Å². The number of aliphatic imine (C=N–C) groups is 1. The van der Waals surface area contributed by atoms with Crippen LogP contribution in [0.15, 0.2) is 53.5 Å². The Morgan fingerprint density at radius 3 is 2.53 bits per heavy atom. The van der Waals surface area contributed by atoms with Crippen LogP contribution < -0.4 is 4.74 Å². The fraction of sp³-hybridized carbons (Fsp3) is 0.400. The lowest BCUT2D eigenvalue weighted by Crippen LogP contribution is -2.44. The molecule has 2 aromatic rings. The highest BCUT2D eigenvalue weighted by molar-refractivity contribution is 6.16. The van der Waals surface area contributed by atoms with Crippen LogP contribution in [0.25, 0.3) is 0 Å². The molecule has 156 valence electrons. The number of benzene rings is 2. The number of fused-ring (bicyclic) bond motifs is 1. The van der Waals surface area contributed by atoms with Gasteiger partial charge in [-0.15, -0.1) is 0 Å². The summed E-state index contributed by atoms with van der Waals surface area (Å²) in [6, 6.07) is 15.1. The van der Waals surface area contributed by atoms with E-state index >= 15 is 0 Å². The minimum Gasteiger partial charge on any atom is -0.497 e. The molecule has 30 heavy (non-hydrogen) atoms. The van der Waals surface area contributed by atoms with Gasteiger partial charge in [0.1, 0.15) is 5.75 Å². The van der Waals surface area contributed by atoms with Crippen LogP contribution in [0.5, 0.6) is 5.75 Å². The van der Waals surface area contributed by atoms with Crippen LogP contribution in [-0.4, -0.2) is 36.1 Å². The third-order valence-electron chi connectivity index (χ3n) is 6.30. The molecule has 1 aliphatic heterocycles. The predicted octanol–water partition coefficient (Wildman–Crippen LogP) is 4.61. The predicted molar refractivity (Wildman–Crippen MR) is 117 cm³/mol. The molecule has 0 saturated heterocycles. The summed E-state index contributed by atoms with van der Waals surface area (Å²) in [7, 11) is 1.61. The normalized spacial score (nSPS) is 24.2. The van der Waals surface area contributed by atoms with E-state index in [1.807, 2.05) is 42.5 Å². The van der Waals surface area contributed by atoms with Gasteiger partial charge in [-0.05, 0) is 48.1 Å². The lowest BCUT2D eigenvalue weighted by Gasteiger charge is -2.32. The minimum atomic E-state index is -0.522. The van der Waals surface area contributed by atoms with E-state index in [2.05, 4.69) is 6.92 Å². The van der Waals surface area contributed by atoms with Gasteiger partial charge >= 0.3 is 0 Å². The average Bonchev–Trinajstić information content (AvgIpc) is 2.78. The fourth-order valence-corrected chi connectivity index (χ4v) is 4.43. The van der Waals surface area contributed by atoms with E-state index in [-0.39, 0.29) is 24.4 Å². The maximum absolute atomic E-state index is 13.4. The van der Waals surface area contributed by atoms with Crippen molar-refractivity contribution in [3.63, 3.8) is 0 Å². The number of nitrogens with zero attached hydrogens (tertiary/aromatic N) is 2. The van der Waals surface area contributed by atoms with E-state index in [9.17, 15) is 9.59 Å². The van der Waals surface area contributed by atoms with E-state index in [1.54, 1.807) is 19.4 Å². The third-order valence-corrected chi connectivity index (χ3v) is 6.30. The summed E-state index contributed by atoms with van der Waals surface area (Å²) in [4.78, 5) is 32.6. The second-order valence-electron chi connectivity index (χ2n) is 8.27. The standard InChI is InChI=1S/C25H28N2O3/c1-17-7-3-6-10-23(17)26-15-22-20-8-4-5-9-21(20)24(28)27(25(22)29)16-18-11-13-19(30-2)14-12-18/h4-5,8-9,11-15,17,22-23H,3,6-7,10,16H2,1-2H3/t17-,22?,23-/m1/s1. The number of carbonyl (C=O) groups is 2. The average molecular weight is 405 g/mol. The van der Waals surface area contributed by atoms with Gasteiger partial charge in [-0.1, -0.05) is 50.1 Å². The van der Waals surface area contributed by atoms with Crippen molar-refractivity contribution in [2.45, 2.75) is 51.1 Å². The fourth-order valence-electron chi connectivity index (χ4n) is 4.43. The van der Waals surface area contributed by atoms with Gasteiger partial charge in [0.15, 0.2) is 0 Å². The van der Waals surface area contributed by atoms with E-state index in [4.69, 9.17) is 9.73 Å². The molecular formula is C25H28N2O3. The van der Waals surface area contributed by atoms with Crippen molar-refractivity contribution >= 4 is 18.0 Å². The van der Waals surface area contributed by atoms with Crippen LogP contribution in [0.2, 0.25) is 0 Å². The number of rotatable bonds is 5. The molecule has 0 bridgehead atoms. The quantitative estimate of drug-likeness (QED) is 0.540. The zero-order valence-corrected chi connectivity index (χ0v) is 17.6. The Morgan fingerprint density at radius 2 is 1.80 bits per heavy atom. The first-order valence-corrected chi connectivity index (χ1v) is 10.7. The highest BCUT2D eigenvalue weighted by atomic mass is 16.5. The topological polar surface area (TPSA) is 59.0 Å². The van der Waals surface area contributed by atoms with Gasteiger partial charge in [0.25, 0.3) is 5.91 Å². The molecule has 0 radical (unpaired) electrons. The van der Waals surface area contributed by atoms with Crippen LogP contribution in [0, 0.1) is 5.92 Å². The van der Waals surface area contributed by atoms with E-state index in [1.165, 1.54) is 24.2 Å². The van der Waals surface area contributed by atoms with Crippen LogP contribution in [0.4, 0.5) is 0 Å². The molecule has 0 spiro atoms. The van der Waals surface area contributed by atoms with Crippen LogP contribution in [0.1, 0.15) is 60.0 Å². The van der Waals surface area contributed by atoms with Crippen molar-refractivity contribution in [3.05, 3.63) is 65.2 Å². The van der Waals surface area contributed by atoms with Gasteiger partial charge in [0.05, 0.1) is 25.6 Å². The molecule has 1 aliphatic carbocycles. The Kier molecular flexibility index (Phi) is 5.98. The number of methoxy groups -OCH3 is 1. The summed E-state index contributed by atoms with van der Waals surface area (Å²) in [5, 5.41) is 0. The van der Waals surface area contributed by atoms with Gasteiger partial charge in [-0.3, -0.25) is 19.5 Å². The highest BCUT2D eigenvalue weighted by Crippen LogP contribution is 2.31. The Bertz CT molecular complexity index is 951. The summed E-state index contributed by atoms with van der Waals surface area (Å²) < 4.78 is 5.20. The van der Waals surface area contributed by atoms with Crippen molar-refractivity contribution in [2.75, 3.05) is 7.11 Å². The first kappa shape index (κ1) is 20.3. The molecule has 2 aliphatic rings. The summed E-state index contributed by atoms with van der Waals surface area (Å²) in [6.45, 7) is 2.47. The SMILES string of the molecule is COc1ccc(CN2C(=O)c3ccccc3C(C=N[C@@H]3CCCC[C@H]3C)C2=O)cc1. The molecule has 5 nitrogen and oxygen atoms in total. The van der Waals surface area contributed by atoms with Crippen LogP contribution in [0.3, 0.4) is 0 Å². The zero-order valence-electron chi connectivity index (χ0n) is 17.6. The lowest BCUT2D eigenvalue weighted by atomic mass is 9.85. The number of hydrogen-bond donors (Lipinski definition) is 0. The molecular weight excluding hydrogens is 376 g/mol. The molecule has 1 unspecified atom stereocenters. The molecule has 4 rings (SSSR count). The summed E-state index contributed by atoms with van der Waals surface area (Å²) in [5.41, 5.74) is 2.22. The first-order chi connectivity index (χ1) is 14.6. The molecule has 2 amide bonds. The molecule has 0 N–H and O–H groups in total. The van der Waals surface area contributed by atoms with Crippen molar-refractivity contribution in [1.82, 2.24) is 4.90 Å². The van der Waals surface area contributed by atoms with Crippen molar-refractivity contribution < 1.29 is 14.3 Å². The summed E-state index contributed by atoms with van der Waals surface area (Å²) >= 11 is 0. The summed E-state index contributed by atoms with van der Waals surface area (Å²) in [5.74, 6) is 0.295. The Balaban J connectivity index is 1.62. The molecule has 2 aromatic carbocycles. The van der Waals surface area contributed by atoms with E-state index in [0.717, 1.165) is 23.3 Å². The molecule has 1 saturated carbocycles. The Hall–Kier alpha value is -2.95. The second-order valence-corrected chi connectivity index (χ2v) is 8.27. The highest BCUT2D eigenvalue weighted by Gasteiger charge is 2.38. The smallest absolute Gasteiger partial charge is 0.261 e. The van der Waals surface area contributed by atoms with Crippen molar-refractivity contribution in [1.29, 1.82) is 0 Å². The molecule has 3 atom stereocenters. The Morgan fingerprint density at radius 1 is 1.07 bits per heavy atom. The third kappa shape index (κ3) is 4.02. The number of hydrogen-bond acceptors (Lipinski definition) is 4. The molecule has 1 heterocycles. The van der Waals surface area contributed by atoms with Gasteiger partial charge in [0, 0.05) is 11.8 Å². The largest absolute Gasteiger partial charge is 0.497 e. The number of amides is 2. The number of imide groups is 1. The van der Waals surface area contributed by atoms with Gasteiger partial charge in [0.2, 0.25) is 5.91 Å². The monoisotopic (exact) mass is 404 g/mol. The second kappa shape index (κ2) is 8.82. The molecule has 1 fully saturated rings. The van der Waals surface area contributed by atoms with E-state index in [0.29, 0.717) is 11.5 Å². The van der Waals surface area contributed by atoms with Gasteiger partial charge in [-0.2, -0.15) is 0 Å².